The van der Waals surface area contributed by atoms with Gasteiger partial charge in [-0.2, -0.15) is 0 Å². The second kappa shape index (κ2) is 2.16. The van der Waals surface area contributed by atoms with Crippen molar-refractivity contribution < 1.29 is 4.74 Å². The molecule has 1 aromatic carbocycles. The van der Waals surface area contributed by atoms with Crippen LogP contribution in [0, 0.1) is 11.8 Å². The van der Waals surface area contributed by atoms with Gasteiger partial charge in [0.05, 0.1) is 0 Å². The molecule has 1 unspecified atom stereocenters. The molecule has 1 aromatic rings. The monoisotopic (exact) mass is 186 g/mol. The van der Waals surface area contributed by atoms with Crippen LogP contribution < -0.4 is 4.74 Å². The number of para-hydroxylation sites is 1. The maximum absolute atomic E-state index is 6.21. The van der Waals surface area contributed by atoms with Gasteiger partial charge in [-0.05, 0) is 42.7 Å². The van der Waals surface area contributed by atoms with Crippen LogP contribution in [0.2, 0.25) is 0 Å². The lowest BCUT2D eigenvalue weighted by atomic mass is 9.80. The highest BCUT2D eigenvalue weighted by atomic mass is 16.5. The zero-order valence-corrected chi connectivity index (χ0v) is 8.20. The number of rotatable bonds is 0. The molecular weight excluding hydrogens is 172 g/mol. The van der Waals surface area contributed by atoms with Gasteiger partial charge in [0, 0.05) is 6.42 Å². The molecule has 14 heavy (non-hydrogen) atoms. The second-order valence-electron chi connectivity index (χ2n) is 5.19. The Morgan fingerprint density at radius 1 is 1.21 bits per heavy atom. The Kier molecular flexibility index (Phi) is 1.13. The molecule has 1 heteroatoms. The molecule has 1 aliphatic heterocycles. The van der Waals surface area contributed by atoms with Crippen molar-refractivity contribution in [2.75, 3.05) is 0 Å². The summed E-state index contributed by atoms with van der Waals surface area (Å²) >= 11 is 0. The van der Waals surface area contributed by atoms with E-state index in [9.17, 15) is 0 Å². The molecule has 0 N–H and O–H groups in total. The van der Waals surface area contributed by atoms with Gasteiger partial charge in [0.1, 0.15) is 11.4 Å². The van der Waals surface area contributed by atoms with Crippen molar-refractivity contribution in [1.29, 1.82) is 0 Å². The van der Waals surface area contributed by atoms with Crippen LogP contribution in [-0.2, 0) is 6.42 Å². The van der Waals surface area contributed by atoms with Gasteiger partial charge in [-0.3, -0.25) is 0 Å². The van der Waals surface area contributed by atoms with E-state index in [0.717, 1.165) is 17.6 Å². The van der Waals surface area contributed by atoms with E-state index < -0.39 is 0 Å². The summed E-state index contributed by atoms with van der Waals surface area (Å²) in [5.41, 5.74) is 1.66. The van der Waals surface area contributed by atoms with Crippen LogP contribution in [0.1, 0.15) is 24.8 Å². The van der Waals surface area contributed by atoms with Gasteiger partial charge < -0.3 is 4.74 Å². The van der Waals surface area contributed by atoms with Crippen LogP contribution in [0.5, 0.6) is 5.75 Å². The molecule has 1 atom stereocenters. The molecule has 3 aliphatic carbocycles. The minimum Gasteiger partial charge on any atom is -0.486 e. The molecule has 72 valence electrons. The summed E-state index contributed by atoms with van der Waals surface area (Å²) in [4.78, 5) is 0. The molecule has 5 rings (SSSR count). The number of hydrogen-bond acceptors (Lipinski definition) is 1. The Hall–Kier alpha value is -0.980. The lowest BCUT2D eigenvalue weighted by Gasteiger charge is -2.30. The van der Waals surface area contributed by atoms with Crippen molar-refractivity contribution >= 4 is 0 Å². The van der Waals surface area contributed by atoms with Crippen LogP contribution in [-0.4, -0.2) is 5.60 Å². The minimum absolute atomic E-state index is 0.231. The van der Waals surface area contributed by atoms with Crippen molar-refractivity contribution in [3.8, 4) is 5.75 Å². The predicted molar refractivity (Wildman–Crippen MR) is 54.3 cm³/mol. The summed E-state index contributed by atoms with van der Waals surface area (Å²) in [6.45, 7) is 0. The number of benzene rings is 1. The first-order chi connectivity index (χ1) is 6.86. The lowest BCUT2D eigenvalue weighted by molar-refractivity contribution is 0.0591. The highest BCUT2D eigenvalue weighted by molar-refractivity contribution is 5.40. The fourth-order valence-corrected chi connectivity index (χ4v) is 3.66. The van der Waals surface area contributed by atoms with Gasteiger partial charge in [0.2, 0.25) is 0 Å². The summed E-state index contributed by atoms with van der Waals surface area (Å²) in [7, 11) is 0. The van der Waals surface area contributed by atoms with Crippen molar-refractivity contribution in [1.82, 2.24) is 0 Å². The van der Waals surface area contributed by atoms with E-state index >= 15 is 0 Å². The van der Waals surface area contributed by atoms with E-state index in [0.29, 0.717) is 0 Å². The van der Waals surface area contributed by atoms with E-state index in [-0.39, 0.29) is 5.60 Å². The van der Waals surface area contributed by atoms with Gasteiger partial charge in [0.25, 0.3) is 0 Å². The van der Waals surface area contributed by atoms with Crippen molar-refractivity contribution in [3.63, 3.8) is 0 Å². The third kappa shape index (κ3) is 0.727. The Labute approximate surface area is 84.1 Å². The number of ether oxygens (including phenoxy) is 1. The highest BCUT2D eigenvalue weighted by Gasteiger charge is 2.59. The first-order valence-electron chi connectivity index (χ1n) is 5.63. The first kappa shape index (κ1) is 7.33. The lowest BCUT2D eigenvalue weighted by Crippen LogP contribution is -2.36. The number of hydrogen-bond donors (Lipinski definition) is 0. The molecule has 0 amide bonds. The number of fused-ring (bicyclic) bond motifs is 1. The summed E-state index contributed by atoms with van der Waals surface area (Å²) < 4.78 is 6.21. The molecule has 1 heterocycles. The molecule has 3 saturated carbocycles. The zero-order valence-electron chi connectivity index (χ0n) is 8.20. The van der Waals surface area contributed by atoms with Crippen LogP contribution >= 0.6 is 0 Å². The molecule has 2 bridgehead atoms. The zero-order chi connectivity index (χ0) is 9.17. The fraction of sp³-hybridized carbons (Fsp3) is 0.538. The average molecular weight is 186 g/mol. The van der Waals surface area contributed by atoms with Gasteiger partial charge in [0.15, 0.2) is 0 Å². The fourth-order valence-electron chi connectivity index (χ4n) is 3.66. The molecule has 0 aromatic heterocycles. The van der Waals surface area contributed by atoms with Crippen LogP contribution in [0.4, 0.5) is 0 Å². The molecule has 1 nitrogen and oxygen atoms in total. The van der Waals surface area contributed by atoms with Crippen molar-refractivity contribution in [2.45, 2.75) is 31.3 Å². The second-order valence-corrected chi connectivity index (χ2v) is 5.19. The largest absolute Gasteiger partial charge is 0.486 e. The van der Waals surface area contributed by atoms with Gasteiger partial charge in [-0.25, -0.2) is 0 Å². The molecule has 0 radical (unpaired) electrons. The van der Waals surface area contributed by atoms with Crippen LogP contribution in [0.3, 0.4) is 0 Å². The van der Waals surface area contributed by atoms with Gasteiger partial charge >= 0.3 is 0 Å². The molecular formula is C13H14O. The first-order valence-corrected chi connectivity index (χ1v) is 5.63. The summed E-state index contributed by atoms with van der Waals surface area (Å²) in [5.74, 6) is 2.99. The van der Waals surface area contributed by atoms with Crippen molar-refractivity contribution in [2.24, 2.45) is 11.8 Å². The smallest absolute Gasteiger partial charge is 0.123 e. The van der Waals surface area contributed by atoms with Crippen LogP contribution in [0.25, 0.3) is 0 Å². The summed E-state index contributed by atoms with van der Waals surface area (Å²) in [6.07, 6.45) is 5.33. The van der Waals surface area contributed by atoms with Gasteiger partial charge in [-0.1, -0.05) is 18.2 Å². The van der Waals surface area contributed by atoms with Gasteiger partial charge in [-0.15, -0.1) is 0 Å². The third-order valence-electron chi connectivity index (χ3n) is 4.39. The highest BCUT2D eigenvalue weighted by Crippen LogP contribution is 2.60. The van der Waals surface area contributed by atoms with Crippen molar-refractivity contribution in [3.05, 3.63) is 29.8 Å². The Morgan fingerprint density at radius 2 is 2.07 bits per heavy atom. The third-order valence-corrected chi connectivity index (χ3v) is 4.39. The molecule has 0 saturated heterocycles. The minimum atomic E-state index is 0.231. The summed E-state index contributed by atoms with van der Waals surface area (Å²) in [5, 5.41) is 0. The van der Waals surface area contributed by atoms with E-state index in [1.807, 2.05) is 0 Å². The Bertz CT molecular complexity index is 365. The van der Waals surface area contributed by atoms with Crippen LogP contribution in [0.15, 0.2) is 24.3 Å². The summed E-state index contributed by atoms with van der Waals surface area (Å²) in [6, 6.07) is 8.55. The Morgan fingerprint density at radius 3 is 2.79 bits per heavy atom. The van der Waals surface area contributed by atoms with E-state index in [1.54, 1.807) is 0 Å². The Balaban J connectivity index is 1.77. The molecule has 1 spiro atoms. The SMILES string of the molecule is c1ccc2c(c1)CC1(CC3CC1C3)O2. The maximum Gasteiger partial charge on any atom is 0.123 e. The topological polar surface area (TPSA) is 9.23 Å². The van der Waals surface area contributed by atoms with E-state index in [2.05, 4.69) is 24.3 Å². The quantitative estimate of drug-likeness (QED) is 0.605. The predicted octanol–water partition coefficient (Wildman–Crippen LogP) is 2.79. The van der Waals surface area contributed by atoms with E-state index in [1.165, 1.54) is 31.2 Å². The normalized spacial score (nSPS) is 42.0. The maximum atomic E-state index is 6.21. The molecule has 3 fully saturated rings. The standard InChI is InChI=1S/C13H14O/c1-2-4-12-10(3-1)8-13(14-12)7-9-5-11(13)6-9/h1-4,9,11H,5-8H2. The van der Waals surface area contributed by atoms with E-state index in [4.69, 9.17) is 4.74 Å². The molecule has 4 aliphatic rings. The average Bonchev–Trinajstić information content (AvgIpc) is 2.74.